The fourth-order valence-electron chi connectivity index (χ4n) is 2.44. The first kappa shape index (κ1) is 16.0. The Bertz CT molecular complexity index is 898. The average Bonchev–Trinajstić information content (AvgIpc) is 2.62. The lowest BCUT2D eigenvalue weighted by molar-refractivity contribution is 0.399. The number of halogens is 1. The molecule has 0 saturated heterocycles. The van der Waals surface area contributed by atoms with Crippen molar-refractivity contribution in [3.8, 4) is 29.4 Å². The predicted molar refractivity (Wildman–Crippen MR) is 96.2 cm³/mol. The highest BCUT2D eigenvalue weighted by atomic mass is 35.5. The number of methoxy groups -OCH3 is 1. The van der Waals surface area contributed by atoms with Crippen molar-refractivity contribution in [3.05, 3.63) is 76.7 Å². The maximum Gasteiger partial charge on any atom is 0.221 e. The van der Waals surface area contributed by atoms with Crippen molar-refractivity contribution >= 4 is 11.6 Å². The van der Waals surface area contributed by atoms with E-state index in [-0.39, 0.29) is 0 Å². The van der Waals surface area contributed by atoms with Crippen molar-refractivity contribution in [2.24, 2.45) is 0 Å². The van der Waals surface area contributed by atoms with Gasteiger partial charge in [-0.2, -0.15) is 0 Å². The molecule has 3 nitrogen and oxygen atoms in total. The minimum Gasteiger partial charge on any atom is -0.481 e. The molecule has 0 amide bonds. The third kappa shape index (κ3) is 3.56. The van der Waals surface area contributed by atoms with Crippen LogP contribution in [0.4, 0.5) is 0 Å². The van der Waals surface area contributed by atoms with Crippen LogP contribution < -0.4 is 4.74 Å². The summed E-state index contributed by atoms with van der Waals surface area (Å²) >= 11 is 6.10. The van der Waals surface area contributed by atoms with Crippen LogP contribution in [-0.4, -0.2) is 17.1 Å². The topological polar surface area (TPSA) is 35.0 Å². The summed E-state index contributed by atoms with van der Waals surface area (Å²) in [5, 5.41) is 0.673. The molecule has 0 unspecified atom stereocenters. The Morgan fingerprint density at radius 1 is 1.12 bits per heavy atom. The molecule has 2 aromatic heterocycles. The SMILES string of the molecule is C#Cc1ccc(Cc2cnc(OC)c(-c3cccc(Cl)c3)c2)nc1. The molecule has 0 N–H and O–H groups in total. The molecule has 0 aliphatic carbocycles. The van der Waals surface area contributed by atoms with Crippen molar-refractivity contribution in [2.75, 3.05) is 7.11 Å². The minimum atomic E-state index is 0.566. The zero-order valence-electron chi connectivity index (χ0n) is 13.2. The Hall–Kier alpha value is -2.83. The fraction of sp³-hybridized carbons (Fsp3) is 0.100. The molecular weight excluding hydrogens is 320 g/mol. The molecular formula is C20H15ClN2O. The number of benzene rings is 1. The van der Waals surface area contributed by atoms with Crippen molar-refractivity contribution < 1.29 is 4.74 Å². The van der Waals surface area contributed by atoms with E-state index in [4.69, 9.17) is 22.8 Å². The van der Waals surface area contributed by atoms with Gasteiger partial charge in [-0.25, -0.2) is 4.98 Å². The lowest BCUT2D eigenvalue weighted by Gasteiger charge is -2.10. The van der Waals surface area contributed by atoms with Crippen LogP contribution in [0, 0.1) is 12.3 Å². The van der Waals surface area contributed by atoms with Crippen LogP contribution in [0.15, 0.2) is 54.9 Å². The van der Waals surface area contributed by atoms with E-state index in [1.54, 1.807) is 19.5 Å². The molecule has 4 heteroatoms. The summed E-state index contributed by atoms with van der Waals surface area (Å²) in [7, 11) is 1.61. The highest BCUT2D eigenvalue weighted by Crippen LogP contribution is 2.30. The molecule has 3 aromatic rings. The van der Waals surface area contributed by atoms with E-state index in [1.807, 2.05) is 42.5 Å². The van der Waals surface area contributed by atoms with Gasteiger partial charge < -0.3 is 4.74 Å². The molecule has 0 spiro atoms. The largest absolute Gasteiger partial charge is 0.481 e. The second-order valence-electron chi connectivity index (χ2n) is 5.27. The first-order valence-corrected chi connectivity index (χ1v) is 7.78. The highest BCUT2D eigenvalue weighted by molar-refractivity contribution is 6.30. The number of ether oxygens (including phenoxy) is 1. The normalized spacial score (nSPS) is 10.2. The smallest absolute Gasteiger partial charge is 0.221 e. The summed E-state index contributed by atoms with van der Waals surface area (Å²) in [4.78, 5) is 8.79. The van der Waals surface area contributed by atoms with Crippen LogP contribution in [0.1, 0.15) is 16.8 Å². The van der Waals surface area contributed by atoms with E-state index in [2.05, 4.69) is 15.9 Å². The summed E-state index contributed by atoms with van der Waals surface area (Å²) in [6.45, 7) is 0. The molecule has 2 heterocycles. The van der Waals surface area contributed by atoms with Gasteiger partial charge in [0.15, 0.2) is 0 Å². The van der Waals surface area contributed by atoms with Gasteiger partial charge in [0, 0.05) is 40.7 Å². The van der Waals surface area contributed by atoms with Gasteiger partial charge in [-0.15, -0.1) is 6.42 Å². The van der Waals surface area contributed by atoms with E-state index in [0.29, 0.717) is 17.3 Å². The average molecular weight is 335 g/mol. The highest BCUT2D eigenvalue weighted by Gasteiger charge is 2.10. The number of pyridine rings is 2. The summed E-state index contributed by atoms with van der Waals surface area (Å²) in [5.74, 6) is 3.13. The Labute approximate surface area is 146 Å². The maximum atomic E-state index is 6.10. The summed E-state index contributed by atoms with van der Waals surface area (Å²) in [6, 6.07) is 13.5. The first-order chi connectivity index (χ1) is 11.7. The number of rotatable bonds is 4. The monoisotopic (exact) mass is 334 g/mol. The minimum absolute atomic E-state index is 0.566. The van der Waals surface area contributed by atoms with Crippen LogP contribution in [0.2, 0.25) is 5.02 Å². The molecule has 0 fully saturated rings. The van der Waals surface area contributed by atoms with Crippen LogP contribution in [-0.2, 0) is 6.42 Å². The van der Waals surface area contributed by atoms with E-state index in [0.717, 1.165) is 27.9 Å². The Morgan fingerprint density at radius 3 is 2.67 bits per heavy atom. The van der Waals surface area contributed by atoms with E-state index in [1.165, 1.54) is 0 Å². The van der Waals surface area contributed by atoms with Crippen LogP contribution in [0.3, 0.4) is 0 Å². The molecule has 3 rings (SSSR count). The zero-order valence-corrected chi connectivity index (χ0v) is 13.9. The van der Waals surface area contributed by atoms with Gasteiger partial charge in [-0.05, 0) is 41.5 Å². The third-order valence-corrected chi connectivity index (χ3v) is 3.85. The van der Waals surface area contributed by atoms with Gasteiger partial charge in [0.05, 0.1) is 7.11 Å². The molecule has 0 aliphatic rings. The second-order valence-corrected chi connectivity index (χ2v) is 5.71. The second kappa shape index (κ2) is 7.16. The molecule has 24 heavy (non-hydrogen) atoms. The lowest BCUT2D eigenvalue weighted by atomic mass is 10.0. The van der Waals surface area contributed by atoms with Gasteiger partial charge in [-0.3, -0.25) is 4.98 Å². The molecule has 0 aliphatic heterocycles. The van der Waals surface area contributed by atoms with Crippen molar-refractivity contribution in [2.45, 2.75) is 6.42 Å². The Balaban J connectivity index is 1.95. The summed E-state index contributed by atoms with van der Waals surface area (Å²) in [6.07, 6.45) is 9.51. The van der Waals surface area contributed by atoms with Gasteiger partial charge in [0.1, 0.15) is 0 Å². The fourth-order valence-corrected chi connectivity index (χ4v) is 2.63. The summed E-state index contributed by atoms with van der Waals surface area (Å²) < 4.78 is 5.38. The van der Waals surface area contributed by atoms with Gasteiger partial charge in [-0.1, -0.05) is 29.7 Å². The quantitative estimate of drug-likeness (QED) is 0.664. The lowest BCUT2D eigenvalue weighted by Crippen LogP contribution is -1.97. The predicted octanol–water partition coefficient (Wildman–Crippen LogP) is 4.38. The first-order valence-electron chi connectivity index (χ1n) is 7.40. The van der Waals surface area contributed by atoms with Gasteiger partial charge in [0.2, 0.25) is 5.88 Å². The molecule has 0 saturated carbocycles. The molecule has 0 bridgehead atoms. The third-order valence-electron chi connectivity index (χ3n) is 3.61. The van der Waals surface area contributed by atoms with Crippen molar-refractivity contribution in [1.82, 2.24) is 9.97 Å². The molecule has 118 valence electrons. The van der Waals surface area contributed by atoms with Gasteiger partial charge in [0.25, 0.3) is 0 Å². The number of terminal acetylenes is 1. The standard InChI is InChI=1S/C20H15ClN2O/c1-3-14-7-8-18(22-12-14)9-15-10-19(20(24-2)23-13-15)16-5-4-6-17(21)11-16/h1,4-8,10-13H,9H2,2H3. The maximum absolute atomic E-state index is 6.10. The van der Waals surface area contributed by atoms with Crippen molar-refractivity contribution in [1.29, 1.82) is 0 Å². The number of hydrogen-bond donors (Lipinski definition) is 0. The molecule has 0 atom stereocenters. The van der Waals surface area contributed by atoms with E-state index < -0.39 is 0 Å². The molecule has 1 aromatic carbocycles. The van der Waals surface area contributed by atoms with Gasteiger partial charge >= 0.3 is 0 Å². The van der Waals surface area contributed by atoms with Crippen LogP contribution in [0.5, 0.6) is 5.88 Å². The Kier molecular flexibility index (Phi) is 4.79. The van der Waals surface area contributed by atoms with Crippen molar-refractivity contribution in [3.63, 3.8) is 0 Å². The van der Waals surface area contributed by atoms with Crippen LogP contribution >= 0.6 is 11.6 Å². The van der Waals surface area contributed by atoms with Crippen LogP contribution in [0.25, 0.3) is 11.1 Å². The summed E-state index contributed by atoms with van der Waals surface area (Å²) in [5.41, 5.74) is 4.60. The van der Waals surface area contributed by atoms with E-state index >= 15 is 0 Å². The number of aromatic nitrogens is 2. The number of hydrogen-bond acceptors (Lipinski definition) is 3. The zero-order chi connectivity index (χ0) is 16.9. The molecule has 0 radical (unpaired) electrons. The Morgan fingerprint density at radius 2 is 2.00 bits per heavy atom. The van der Waals surface area contributed by atoms with E-state index in [9.17, 15) is 0 Å². The number of nitrogens with zero attached hydrogens (tertiary/aromatic N) is 2.